The fourth-order valence-electron chi connectivity index (χ4n) is 4.60. The van der Waals surface area contributed by atoms with E-state index in [4.69, 9.17) is 9.47 Å². The Bertz CT molecular complexity index is 943. The highest BCUT2D eigenvalue weighted by Gasteiger charge is 2.36. The summed E-state index contributed by atoms with van der Waals surface area (Å²) in [5, 5.41) is 9.80. The Morgan fingerprint density at radius 1 is 1.00 bits per heavy atom. The third kappa shape index (κ3) is 8.06. The molecule has 35 heavy (non-hydrogen) atoms. The molecule has 0 radical (unpaired) electrons. The predicted molar refractivity (Wildman–Crippen MR) is 137 cm³/mol. The van der Waals surface area contributed by atoms with Gasteiger partial charge in [-0.15, -0.1) is 0 Å². The molecule has 0 spiro atoms. The molecule has 1 aliphatic rings. The highest BCUT2D eigenvalue weighted by molar-refractivity contribution is 5.90. The number of rotatable bonds is 13. The number of carbonyl (C=O) groups is 1. The molecule has 0 N–H and O–H groups in total. The van der Waals surface area contributed by atoms with Crippen molar-refractivity contribution in [2.24, 2.45) is 5.41 Å². The Morgan fingerprint density at radius 3 is 2.29 bits per heavy atom. The summed E-state index contributed by atoms with van der Waals surface area (Å²) in [4.78, 5) is 21.4. The van der Waals surface area contributed by atoms with E-state index in [0.29, 0.717) is 23.7 Å². The molecule has 0 saturated heterocycles. The van der Waals surface area contributed by atoms with Crippen molar-refractivity contribution in [3.8, 4) is 23.2 Å². The van der Waals surface area contributed by atoms with Gasteiger partial charge in [-0.3, -0.25) is 0 Å². The van der Waals surface area contributed by atoms with E-state index in [1.807, 2.05) is 12.1 Å². The molecule has 1 saturated carbocycles. The van der Waals surface area contributed by atoms with Gasteiger partial charge in [0.25, 0.3) is 0 Å². The summed E-state index contributed by atoms with van der Waals surface area (Å²) in [5.74, 6) is 0.931. The first kappa shape index (κ1) is 26.7. The van der Waals surface area contributed by atoms with Crippen LogP contribution in [0.4, 0.5) is 0 Å². The first-order valence-electron chi connectivity index (χ1n) is 13.3. The highest BCUT2D eigenvalue weighted by atomic mass is 16.5. The predicted octanol–water partition coefficient (Wildman–Crippen LogP) is 7.29. The van der Waals surface area contributed by atoms with Crippen molar-refractivity contribution >= 4 is 5.97 Å². The number of carbonyl (C=O) groups excluding carboxylic acids is 1. The van der Waals surface area contributed by atoms with Crippen LogP contribution in [-0.2, 0) is 4.74 Å². The van der Waals surface area contributed by atoms with Crippen molar-refractivity contribution in [2.45, 2.75) is 97.0 Å². The van der Waals surface area contributed by atoms with E-state index in [0.717, 1.165) is 56.9 Å². The maximum atomic E-state index is 12.7. The van der Waals surface area contributed by atoms with Crippen LogP contribution < -0.4 is 4.74 Å². The van der Waals surface area contributed by atoms with Crippen molar-refractivity contribution in [1.82, 2.24) is 9.97 Å². The summed E-state index contributed by atoms with van der Waals surface area (Å²) < 4.78 is 11.4. The Balaban J connectivity index is 1.47. The normalized spacial score (nSPS) is 19.6. The lowest BCUT2D eigenvalue weighted by Gasteiger charge is -2.34. The fraction of sp³-hybridized carbons (Fsp3) is 0.586. The van der Waals surface area contributed by atoms with Gasteiger partial charge in [-0.1, -0.05) is 64.5 Å². The summed E-state index contributed by atoms with van der Waals surface area (Å²) in [6.45, 7) is 4.99. The molecule has 1 heterocycles. The first-order valence-corrected chi connectivity index (χ1v) is 13.3. The topological polar surface area (TPSA) is 85.1 Å². The van der Waals surface area contributed by atoms with Gasteiger partial charge in [0.1, 0.15) is 6.10 Å². The van der Waals surface area contributed by atoms with Crippen molar-refractivity contribution in [3.05, 3.63) is 42.2 Å². The van der Waals surface area contributed by atoms with Gasteiger partial charge in [-0.05, 0) is 50.7 Å². The molecule has 0 unspecified atom stereocenters. The van der Waals surface area contributed by atoms with E-state index in [1.165, 1.54) is 25.7 Å². The minimum atomic E-state index is -0.314. The van der Waals surface area contributed by atoms with Gasteiger partial charge in [0.15, 0.2) is 11.6 Å². The molecule has 0 bridgehead atoms. The van der Waals surface area contributed by atoms with Crippen LogP contribution in [0.2, 0.25) is 0 Å². The van der Waals surface area contributed by atoms with Crippen LogP contribution in [0.5, 0.6) is 5.75 Å². The second-order valence-electron chi connectivity index (χ2n) is 9.68. The molecule has 1 fully saturated rings. The number of nitrogens with zero attached hydrogens (tertiary/aromatic N) is 3. The number of nitriles is 1. The lowest BCUT2D eigenvalue weighted by atomic mass is 9.71. The third-order valence-electron chi connectivity index (χ3n) is 6.93. The Kier molecular flexibility index (Phi) is 10.5. The van der Waals surface area contributed by atoms with E-state index < -0.39 is 0 Å². The van der Waals surface area contributed by atoms with Gasteiger partial charge < -0.3 is 9.47 Å². The molecule has 2 aromatic rings. The Hall–Kier alpha value is -2.94. The second kappa shape index (κ2) is 13.8. The number of hydrogen-bond donors (Lipinski definition) is 0. The molecule has 6 heteroatoms. The number of ether oxygens (including phenoxy) is 2. The molecule has 0 atom stereocenters. The molecule has 3 rings (SSSR count). The van der Waals surface area contributed by atoms with Crippen molar-refractivity contribution < 1.29 is 14.3 Å². The zero-order chi connectivity index (χ0) is 24.9. The second-order valence-corrected chi connectivity index (χ2v) is 9.68. The maximum absolute atomic E-state index is 12.7. The fourth-order valence-corrected chi connectivity index (χ4v) is 4.60. The van der Waals surface area contributed by atoms with E-state index in [2.05, 4.69) is 29.9 Å². The average Bonchev–Trinajstić information content (AvgIpc) is 2.90. The molecule has 1 aromatic heterocycles. The number of unbranched alkanes of at least 4 members (excludes halogenated alkanes) is 5. The van der Waals surface area contributed by atoms with Crippen LogP contribution >= 0.6 is 0 Å². The molecule has 6 nitrogen and oxygen atoms in total. The van der Waals surface area contributed by atoms with Crippen molar-refractivity contribution in [3.63, 3.8) is 0 Å². The van der Waals surface area contributed by atoms with Crippen LogP contribution in [0.15, 0.2) is 36.7 Å². The Morgan fingerprint density at radius 2 is 1.66 bits per heavy atom. The highest BCUT2D eigenvalue weighted by Crippen LogP contribution is 2.41. The monoisotopic (exact) mass is 477 g/mol. The zero-order valence-corrected chi connectivity index (χ0v) is 21.3. The van der Waals surface area contributed by atoms with Crippen LogP contribution in [0.3, 0.4) is 0 Å². The van der Waals surface area contributed by atoms with Gasteiger partial charge in [0.2, 0.25) is 0 Å². The minimum absolute atomic E-state index is 0.118. The average molecular weight is 478 g/mol. The Labute approximate surface area is 210 Å². The summed E-state index contributed by atoms with van der Waals surface area (Å²) >= 11 is 0. The molecule has 1 aliphatic carbocycles. The molecule has 188 valence electrons. The molecule has 0 amide bonds. The van der Waals surface area contributed by atoms with Crippen LogP contribution in [0.1, 0.15) is 101 Å². The van der Waals surface area contributed by atoms with Gasteiger partial charge in [-0.25, -0.2) is 14.8 Å². The number of esters is 1. The third-order valence-corrected chi connectivity index (χ3v) is 6.93. The van der Waals surface area contributed by atoms with Crippen LogP contribution in [-0.4, -0.2) is 28.6 Å². The lowest BCUT2D eigenvalue weighted by Crippen LogP contribution is -2.31. The molecular formula is C29H39N3O3. The quantitative estimate of drug-likeness (QED) is 0.222. The van der Waals surface area contributed by atoms with Gasteiger partial charge in [-0.2, -0.15) is 5.26 Å². The van der Waals surface area contributed by atoms with Crippen molar-refractivity contribution in [1.29, 1.82) is 5.26 Å². The summed E-state index contributed by atoms with van der Waals surface area (Å²) in [6, 6.07) is 9.78. The standard InChI is InChI=1S/C29H39N3O3/c1-3-5-7-8-9-16-29(22-30)17-14-25(15-18-29)35-28(33)24-12-10-23(11-13-24)27-31-20-26(21-32-27)34-19-6-4-2/h10-13,20-21,25H,3-9,14-19H2,1-2H3. The number of benzene rings is 1. The number of aromatic nitrogens is 2. The van der Waals surface area contributed by atoms with Gasteiger partial charge in [0, 0.05) is 5.56 Å². The van der Waals surface area contributed by atoms with E-state index in [-0.39, 0.29) is 17.5 Å². The van der Waals surface area contributed by atoms with E-state index in [9.17, 15) is 10.1 Å². The maximum Gasteiger partial charge on any atom is 0.338 e. The summed E-state index contributed by atoms with van der Waals surface area (Å²) in [6.07, 6.45) is 15.5. The summed E-state index contributed by atoms with van der Waals surface area (Å²) in [5.41, 5.74) is 1.10. The van der Waals surface area contributed by atoms with Gasteiger partial charge in [0.05, 0.1) is 36.0 Å². The lowest BCUT2D eigenvalue weighted by molar-refractivity contribution is 0.0105. The summed E-state index contributed by atoms with van der Waals surface area (Å²) in [7, 11) is 0. The van der Waals surface area contributed by atoms with Crippen molar-refractivity contribution in [2.75, 3.05) is 6.61 Å². The zero-order valence-electron chi connectivity index (χ0n) is 21.3. The molecule has 0 aliphatic heterocycles. The minimum Gasteiger partial charge on any atom is -0.490 e. The SMILES string of the molecule is CCCCCCCC1(C#N)CCC(OC(=O)c2ccc(-c3ncc(OCCCC)cn3)cc2)CC1. The van der Waals surface area contributed by atoms with E-state index in [1.54, 1.807) is 24.5 Å². The molecular weight excluding hydrogens is 438 g/mol. The first-order chi connectivity index (χ1) is 17.1. The molecule has 1 aromatic carbocycles. The van der Waals surface area contributed by atoms with Crippen LogP contribution in [0.25, 0.3) is 11.4 Å². The largest absolute Gasteiger partial charge is 0.490 e. The van der Waals surface area contributed by atoms with E-state index >= 15 is 0 Å². The van der Waals surface area contributed by atoms with Gasteiger partial charge >= 0.3 is 5.97 Å². The number of hydrogen-bond acceptors (Lipinski definition) is 6. The van der Waals surface area contributed by atoms with Crippen LogP contribution in [0, 0.1) is 16.7 Å². The smallest absolute Gasteiger partial charge is 0.338 e.